The Hall–Kier alpha value is -2.86. The van der Waals surface area contributed by atoms with Gasteiger partial charge in [0.15, 0.2) is 5.78 Å². The Labute approximate surface area is 173 Å². The van der Waals surface area contributed by atoms with Crippen molar-refractivity contribution in [3.05, 3.63) is 74.7 Å². The van der Waals surface area contributed by atoms with Crippen LogP contribution in [0.4, 0.5) is 0 Å². The summed E-state index contributed by atoms with van der Waals surface area (Å²) >= 11 is 1.66. The summed E-state index contributed by atoms with van der Waals surface area (Å²) in [4.78, 5) is 30.2. The maximum Gasteiger partial charge on any atom is 0.355 e. The van der Waals surface area contributed by atoms with Crippen LogP contribution in [-0.2, 0) is 17.6 Å². The maximum atomic E-state index is 13.2. The number of ether oxygens (including phenoxy) is 2. The molecule has 0 aliphatic heterocycles. The summed E-state index contributed by atoms with van der Waals surface area (Å²) in [5, 5.41) is 2.03. The van der Waals surface area contributed by atoms with Crippen molar-refractivity contribution in [2.24, 2.45) is 0 Å². The highest BCUT2D eigenvalue weighted by Crippen LogP contribution is 2.38. The van der Waals surface area contributed by atoms with Gasteiger partial charge in [0.1, 0.15) is 11.4 Å². The third-order valence-electron chi connectivity index (χ3n) is 5.33. The second kappa shape index (κ2) is 8.25. The number of thiophene rings is 1. The van der Waals surface area contributed by atoms with E-state index in [0.29, 0.717) is 36.1 Å². The van der Waals surface area contributed by atoms with E-state index in [0.717, 1.165) is 17.0 Å². The lowest BCUT2D eigenvalue weighted by Gasteiger charge is -2.21. The number of H-pyrrole nitrogens is 1. The number of para-hydroxylation sites is 1. The number of Topliss-reactive ketones (excluding diaryl/α,β-unsaturated/α-hetero) is 1. The zero-order valence-corrected chi connectivity index (χ0v) is 17.3. The molecule has 4 rings (SSSR count). The Morgan fingerprint density at radius 2 is 2.03 bits per heavy atom. The van der Waals surface area contributed by atoms with Crippen LogP contribution in [-0.4, -0.2) is 30.5 Å². The van der Waals surface area contributed by atoms with E-state index in [1.54, 1.807) is 25.4 Å². The van der Waals surface area contributed by atoms with Crippen molar-refractivity contribution in [3.63, 3.8) is 0 Å². The molecule has 1 aliphatic carbocycles. The number of nitrogens with one attached hydrogen (secondary N) is 1. The number of fused-ring (bicyclic) bond motifs is 1. The third-order valence-corrected chi connectivity index (χ3v) is 6.36. The molecule has 0 amide bonds. The zero-order chi connectivity index (χ0) is 20.4. The second-order valence-electron chi connectivity index (χ2n) is 7.08. The van der Waals surface area contributed by atoms with Gasteiger partial charge in [-0.2, -0.15) is 0 Å². The zero-order valence-electron chi connectivity index (χ0n) is 16.5. The molecule has 2 aromatic heterocycles. The first-order valence-corrected chi connectivity index (χ1v) is 10.6. The number of aromatic amines is 1. The smallest absolute Gasteiger partial charge is 0.355 e. The third kappa shape index (κ3) is 3.72. The van der Waals surface area contributed by atoms with E-state index < -0.39 is 5.97 Å². The minimum atomic E-state index is -0.424. The minimum Gasteiger partial charge on any atom is -0.496 e. The first-order chi connectivity index (χ1) is 14.1. The molecule has 1 aliphatic rings. The fourth-order valence-corrected chi connectivity index (χ4v) is 4.88. The van der Waals surface area contributed by atoms with E-state index in [1.165, 1.54) is 4.88 Å². The quantitative estimate of drug-likeness (QED) is 0.596. The Morgan fingerprint density at radius 3 is 2.76 bits per heavy atom. The predicted molar refractivity (Wildman–Crippen MR) is 112 cm³/mol. The number of esters is 1. The lowest BCUT2D eigenvalue weighted by molar-refractivity contribution is 0.0519. The molecule has 0 unspecified atom stereocenters. The summed E-state index contributed by atoms with van der Waals surface area (Å²) in [7, 11) is 1.62. The van der Waals surface area contributed by atoms with Gasteiger partial charge in [-0.3, -0.25) is 4.79 Å². The second-order valence-corrected chi connectivity index (χ2v) is 8.06. The molecule has 0 fully saturated rings. The van der Waals surface area contributed by atoms with Gasteiger partial charge in [0.05, 0.1) is 13.7 Å². The average Bonchev–Trinajstić information content (AvgIpc) is 3.37. The fourth-order valence-electron chi connectivity index (χ4n) is 4.05. The average molecular weight is 410 g/mol. The fraction of sp³-hybridized carbons (Fsp3) is 0.304. The Kier molecular flexibility index (Phi) is 5.53. The van der Waals surface area contributed by atoms with Crippen molar-refractivity contribution in [3.8, 4) is 5.75 Å². The van der Waals surface area contributed by atoms with Gasteiger partial charge >= 0.3 is 5.97 Å². The minimum absolute atomic E-state index is 0.0707. The van der Waals surface area contributed by atoms with Crippen molar-refractivity contribution in [2.75, 3.05) is 13.7 Å². The van der Waals surface area contributed by atoms with Crippen LogP contribution in [0.3, 0.4) is 0 Å². The van der Waals surface area contributed by atoms with Crippen molar-refractivity contribution in [1.29, 1.82) is 0 Å². The van der Waals surface area contributed by atoms with Crippen molar-refractivity contribution in [2.45, 2.75) is 32.1 Å². The molecule has 2 heterocycles. The SMILES string of the molecule is CCOC(=O)c1[nH]c2c(c1Cc1ccccc1OC)C(=O)C[C@H](c1cccs1)C2. The first kappa shape index (κ1) is 19.5. The van der Waals surface area contributed by atoms with Gasteiger partial charge in [0, 0.05) is 40.5 Å². The molecule has 0 spiro atoms. The molecule has 0 saturated heterocycles. The topological polar surface area (TPSA) is 68.4 Å². The molecule has 3 aromatic rings. The molecule has 0 saturated carbocycles. The number of carbonyl (C=O) groups excluding carboxylic acids is 2. The molecule has 5 nitrogen and oxygen atoms in total. The summed E-state index contributed by atoms with van der Waals surface area (Å²) < 4.78 is 10.7. The molecule has 0 radical (unpaired) electrons. The standard InChI is InChI=1S/C23H23NO4S/c1-3-28-23(26)22-16(11-14-7-4-5-8-19(14)27-2)21-17(24-22)12-15(13-18(21)25)20-9-6-10-29-20/h4-10,15,24H,3,11-13H2,1-2H3/t15-/m1/s1. The van der Waals surface area contributed by atoms with Gasteiger partial charge in [-0.05, 0) is 36.4 Å². The number of aromatic nitrogens is 1. The monoisotopic (exact) mass is 409 g/mol. The van der Waals surface area contributed by atoms with E-state index in [4.69, 9.17) is 9.47 Å². The number of methoxy groups -OCH3 is 1. The summed E-state index contributed by atoms with van der Waals surface area (Å²) in [5.41, 5.74) is 3.48. The highest BCUT2D eigenvalue weighted by atomic mass is 32.1. The van der Waals surface area contributed by atoms with Crippen LogP contribution in [0.25, 0.3) is 0 Å². The van der Waals surface area contributed by atoms with E-state index in [-0.39, 0.29) is 18.3 Å². The number of hydrogen-bond donors (Lipinski definition) is 1. The number of benzene rings is 1. The highest BCUT2D eigenvalue weighted by molar-refractivity contribution is 7.10. The lowest BCUT2D eigenvalue weighted by Crippen LogP contribution is -2.18. The van der Waals surface area contributed by atoms with E-state index in [1.807, 2.05) is 35.7 Å². The maximum absolute atomic E-state index is 13.2. The summed E-state index contributed by atoms with van der Waals surface area (Å²) in [6, 6.07) is 11.7. The predicted octanol–water partition coefficient (Wildman–Crippen LogP) is 4.77. The molecule has 29 heavy (non-hydrogen) atoms. The molecular formula is C23H23NO4S. The first-order valence-electron chi connectivity index (χ1n) is 9.71. The molecule has 6 heteroatoms. The Balaban J connectivity index is 1.77. The lowest BCUT2D eigenvalue weighted by atomic mass is 9.83. The van der Waals surface area contributed by atoms with Crippen LogP contribution >= 0.6 is 11.3 Å². The largest absolute Gasteiger partial charge is 0.496 e. The number of hydrogen-bond acceptors (Lipinski definition) is 5. The van der Waals surface area contributed by atoms with Crippen LogP contribution in [0.5, 0.6) is 5.75 Å². The van der Waals surface area contributed by atoms with Gasteiger partial charge in [0.25, 0.3) is 0 Å². The molecule has 1 aromatic carbocycles. The Morgan fingerprint density at radius 1 is 1.21 bits per heavy atom. The van der Waals surface area contributed by atoms with Crippen LogP contribution in [0.2, 0.25) is 0 Å². The summed E-state index contributed by atoms with van der Waals surface area (Å²) in [6.45, 7) is 2.06. The number of carbonyl (C=O) groups is 2. The molecule has 1 N–H and O–H groups in total. The van der Waals surface area contributed by atoms with Gasteiger partial charge in [-0.25, -0.2) is 4.79 Å². The van der Waals surface area contributed by atoms with Gasteiger partial charge in [-0.1, -0.05) is 24.3 Å². The van der Waals surface area contributed by atoms with Crippen LogP contribution < -0.4 is 4.74 Å². The van der Waals surface area contributed by atoms with E-state index in [2.05, 4.69) is 11.1 Å². The number of ketones is 1. The Bertz CT molecular complexity index is 1040. The van der Waals surface area contributed by atoms with E-state index >= 15 is 0 Å². The summed E-state index contributed by atoms with van der Waals surface area (Å²) in [6.07, 6.45) is 1.59. The highest BCUT2D eigenvalue weighted by Gasteiger charge is 2.34. The van der Waals surface area contributed by atoms with Gasteiger partial charge < -0.3 is 14.5 Å². The molecule has 1 atom stereocenters. The van der Waals surface area contributed by atoms with Gasteiger partial charge in [0.2, 0.25) is 0 Å². The molecule has 150 valence electrons. The van der Waals surface area contributed by atoms with Gasteiger partial charge in [-0.15, -0.1) is 11.3 Å². The van der Waals surface area contributed by atoms with Crippen LogP contribution in [0.15, 0.2) is 41.8 Å². The van der Waals surface area contributed by atoms with Crippen LogP contribution in [0.1, 0.15) is 61.8 Å². The molecule has 0 bridgehead atoms. The van der Waals surface area contributed by atoms with E-state index in [9.17, 15) is 9.59 Å². The van der Waals surface area contributed by atoms with Crippen LogP contribution in [0, 0.1) is 0 Å². The molecular weight excluding hydrogens is 386 g/mol. The van der Waals surface area contributed by atoms with Crippen molar-refractivity contribution in [1.82, 2.24) is 4.98 Å². The van der Waals surface area contributed by atoms with Crippen molar-refractivity contribution >= 4 is 23.1 Å². The summed E-state index contributed by atoms with van der Waals surface area (Å²) in [5.74, 6) is 0.522. The number of rotatable bonds is 6. The van der Waals surface area contributed by atoms with Crippen molar-refractivity contribution < 1.29 is 19.1 Å². The normalized spacial score (nSPS) is 15.8.